The van der Waals surface area contributed by atoms with Crippen molar-refractivity contribution in [3.05, 3.63) is 34.1 Å². The molecule has 3 heteroatoms. The molecule has 1 aliphatic rings. The third-order valence-corrected chi connectivity index (χ3v) is 4.45. The molecule has 0 radical (unpaired) electrons. The second-order valence-corrected chi connectivity index (χ2v) is 5.75. The van der Waals surface area contributed by atoms with Gasteiger partial charge >= 0.3 is 0 Å². The first-order valence-electron chi connectivity index (χ1n) is 6.33. The highest BCUT2D eigenvalue weighted by Crippen LogP contribution is 2.35. The number of rotatable bonds is 4. The largest absolute Gasteiger partial charge is 0.313 e. The lowest BCUT2D eigenvalue weighted by Crippen LogP contribution is -2.19. The van der Waals surface area contributed by atoms with Gasteiger partial charge in [0.1, 0.15) is 5.82 Å². The first-order chi connectivity index (χ1) is 8.20. The number of benzene rings is 1. The molecule has 0 aromatic heterocycles. The maximum atomic E-state index is 13.3. The third-order valence-electron chi connectivity index (χ3n) is 3.73. The fourth-order valence-electron chi connectivity index (χ4n) is 2.76. The van der Waals surface area contributed by atoms with Gasteiger partial charge in [0.2, 0.25) is 0 Å². The Bertz CT molecular complexity index is 374. The van der Waals surface area contributed by atoms with E-state index in [9.17, 15) is 4.39 Å². The van der Waals surface area contributed by atoms with Crippen molar-refractivity contribution in [1.82, 2.24) is 5.32 Å². The summed E-state index contributed by atoms with van der Waals surface area (Å²) in [7, 11) is 1.96. The van der Waals surface area contributed by atoms with Gasteiger partial charge in [0.05, 0.1) is 0 Å². The van der Waals surface area contributed by atoms with Crippen LogP contribution in [-0.2, 0) is 0 Å². The minimum Gasteiger partial charge on any atom is -0.313 e. The molecule has 0 saturated heterocycles. The van der Waals surface area contributed by atoms with Gasteiger partial charge in [0.15, 0.2) is 0 Å². The Morgan fingerprint density at radius 1 is 1.41 bits per heavy atom. The molecule has 0 aliphatic heterocycles. The predicted octanol–water partition coefficient (Wildman–Crippen LogP) is 4.43. The van der Waals surface area contributed by atoms with Gasteiger partial charge < -0.3 is 5.32 Å². The van der Waals surface area contributed by atoms with Crippen LogP contribution in [0.1, 0.15) is 43.7 Å². The maximum absolute atomic E-state index is 13.3. The van der Waals surface area contributed by atoms with Gasteiger partial charge in [-0.25, -0.2) is 4.39 Å². The fraction of sp³-hybridized carbons (Fsp3) is 0.571. The van der Waals surface area contributed by atoms with E-state index in [0.717, 1.165) is 22.4 Å². The van der Waals surface area contributed by atoms with Crippen molar-refractivity contribution in [3.8, 4) is 0 Å². The van der Waals surface area contributed by atoms with Crippen LogP contribution in [0.5, 0.6) is 0 Å². The number of nitrogens with one attached hydrogen (secondary N) is 1. The van der Waals surface area contributed by atoms with Crippen LogP contribution >= 0.6 is 15.9 Å². The lowest BCUT2D eigenvalue weighted by molar-refractivity contribution is 0.411. The summed E-state index contributed by atoms with van der Waals surface area (Å²) in [5.41, 5.74) is 1.04. The molecule has 17 heavy (non-hydrogen) atoms. The fourth-order valence-corrected chi connectivity index (χ4v) is 3.28. The zero-order valence-electron chi connectivity index (χ0n) is 10.2. The zero-order valence-corrected chi connectivity index (χ0v) is 11.8. The monoisotopic (exact) mass is 299 g/mol. The first-order valence-corrected chi connectivity index (χ1v) is 7.12. The van der Waals surface area contributed by atoms with E-state index in [2.05, 4.69) is 21.2 Å². The number of halogens is 2. The molecule has 94 valence electrons. The summed E-state index contributed by atoms with van der Waals surface area (Å²) in [6.07, 6.45) is 6.46. The molecule has 0 heterocycles. The van der Waals surface area contributed by atoms with Crippen LogP contribution in [0.3, 0.4) is 0 Å². The summed E-state index contributed by atoms with van der Waals surface area (Å²) in [5.74, 6) is 0.637. The number of hydrogen-bond donors (Lipinski definition) is 1. The van der Waals surface area contributed by atoms with Crippen LogP contribution < -0.4 is 5.32 Å². The highest BCUT2D eigenvalue weighted by Gasteiger charge is 2.21. The summed E-state index contributed by atoms with van der Waals surface area (Å²) in [6, 6.07) is 5.18. The Labute approximate surface area is 111 Å². The summed E-state index contributed by atoms with van der Waals surface area (Å²) < 4.78 is 14.3. The molecule has 0 amide bonds. The molecule has 1 N–H and O–H groups in total. The lowest BCUT2D eigenvalue weighted by atomic mass is 9.93. The van der Waals surface area contributed by atoms with Crippen molar-refractivity contribution < 1.29 is 4.39 Å². The first kappa shape index (κ1) is 13.0. The van der Waals surface area contributed by atoms with Crippen LogP contribution in [0, 0.1) is 11.7 Å². The smallest absolute Gasteiger partial charge is 0.123 e. The van der Waals surface area contributed by atoms with Gasteiger partial charge in [-0.1, -0.05) is 41.6 Å². The molecule has 1 fully saturated rings. The SMILES string of the molecule is CNC(CC1CCCC1)c1cc(F)ccc1Br. The van der Waals surface area contributed by atoms with Crippen molar-refractivity contribution in [3.63, 3.8) is 0 Å². The average molecular weight is 300 g/mol. The van der Waals surface area contributed by atoms with E-state index in [0.29, 0.717) is 0 Å². The van der Waals surface area contributed by atoms with Crippen molar-refractivity contribution in [2.45, 2.75) is 38.1 Å². The van der Waals surface area contributed by atoms with E-state index in [4.69, 9.17) is 0 Å². The molecule has 1 aromatic carbocycles. The zero-order chi connectivity index (χ0) is 12.3. The molecule has 1 nitrogen and oxygen atoms in total. The summed E-state index contributed by atoms with van der Waals surface area (Å²) in [5, 5.41) is 3.32. The van der Waals surface area contributed by atoms with Gasteiger partial charge in [-0.05, 0) is 43.1 Å². The van der Waals surface area contributed by atoms with Crippen LogP contribution in [0.4, 0.5) is 4.39 Å². The Kier molecular flexibility index (Phi) is 4.57. The van der Waals surface area contributed by atoms with Gasteiger partial charge in [-0.3, -0.25) is 0 Å². The Morgan fingerprint density at radius 2 is 2.12 bits per heavy atom. The maximum Gasteiger partial charge on any atom is 0.123 e. The van der Waals surface area contributed by atoms with E-state index in [-0.39, 0.29) is 11.9 Å². The van der Waals surface area contributed by atoms with Crippen LogP contribution in [0.25, 0.3) is 0 Å². The molecular weight excluding hydrogens is 281 g/mol. The molecule has 0 spiro atoms. The van der Waals surface area contributed by atoms with E-state index < -0.39 is 0 Å². The molecule has 1 atom stereocenters. The second-order valence-electron chi connectivity index (χ2n) is 4.89. The summed E-state index contributed by atoms with van der Waals surface area (Å²) in [6.45, 7) is 0. The highest BCUT2D eigenvalue weighted by molar-refractivity contribution is 9.10. The Morgan fingerprint density at radius 3 is 2.76 bits per heavy atom. The summed E-state index contributed by atoms with van der Waals surface area (Å²) >= 11 is 3.51. The third kappa shape index (κ3) is 3.29. The molecule has 2 rings (SSSR count). The van der Waals surface area contributed by atoms with Crippen molar-refractivity contribution in [2.24, 2.45) is 5.92 Å². The average Bonchev–Trinajstić information content (AvgIpc) is 2.82. The Hall–Kier alpha value is -0.410. The van der Waals surface area contributed by atoms with Gasteiger partial charge in [-0.2, -0.15) is 0 Å². The quantitative estimate of drug-likeness (QED) is 0.867. The lowest BCUT2D eigenvalue weighted by Gasteiger charge is -2.21. The number of hydrogen-bond acceptors (Lipinski definition) is 1. The molecule has 1 aliphatic carbocycles. The van der Waals surface area contributed by atoms with E-state index in [1.54, 1.807) is 12.1 Å². The normalized spacial score (nSPS) is 18.5. The summed E-state index contributed by atoms with van der Waals surface area (Å²) in [4.78, 5) is 0. The minimum absolute atomic E-state index is 0.158. The van der Waals surface area contributed by atoms with Crippen LogP contribution in [0.2, 0.25) is 0 Å². The standard InChI is InChI=1S/C14H19BrFN/c1-17-14(8-10-4-2-3-5-10)12-9-11(16)6-7-13(12)15/h6-7,9-10,14,17H,2-5,8H2,1H3. The molecule has 1 aromatic rings. The second kappa shape index (κ2) is 5.96. The molecule has 0 bridgehead atoms. The van der Waals surface area contributed by atoms with Crippen LogP contribution in [-0.4, -0.2) is 7.05 Å². The van der Waals surface area contributed by atoms with E-state index in [1.807, 2.05) is 7.05 Å². The van der Waals surface area contributed by atoms with Gasteiger partial charge in [0, 0.05) is 10.5 Å². The highest BCUT2D eigenvalue weighted by atomic mass is 79.9. The van der Waals surface area contributed by atoms with E-state index in [1.165, 1.54) is 31.7 Å². The minimum atomic E-state index is -0.158. The molecule has 1 saturated carbocycles. The van der Waals surface area contributed by atoms with Crippen molar-refractivity contribution >= 4 is 15.9 Å². The molecular formula is C14H19BrFN. The van der Waals surface area contributed by atoms with E-state index >= 15 is 0 Å². The van der Waals surface area contributed by atoms with Crippen LogP contribution in [0.15, 0.2) is 22.7 Å². The predicted molar refractivity (Wildman–Crippen MR) is 72.5 cm³/mol. The van der Waals surface area contributed by atoms with Crippen molar-refractivity contribution in [1.29, 1.82) is 0 Å². The van der Waals surface area contributed by atoms with Gasteiger partial charge in [-0.15, -0.1) is 0 Å². The molecule has 1 unspecified atom stereocenters. The topological polar surface area (TPSA) is 12.0 Å². The Balaban J connectivity index is 2.13. The van der Waals surface area contributed by atoms with Gasteiger partial charge in [0.25, 0.3) is 0 Å². The van der Waals surface area contributed by atoms with Crippen molar-refractivity contribution in [2.75, 3.05) is 7.05 Å².